The van der Waals surface area contributed by atoms with Crippen molar-refractivity contribution in [3.63, 3.8) is 0 Å². The SMILES string of the molecule is Brc1cc2c(cc1Br)CC(Nc1nc[c]cn1)C2. The van der Waals surface area contributed by atoms with Gasteiger partial charge in [0.2, 0.25) is 5.95 Å². The predicted octanol–water partition coefficient (Wildman–Crippen LogP) is 3.38. The molecule has 1 aromatic carbocycles. The summed E-state index contributed by atoms with van der Waals surface area (Å²) in [5.41, 5.74) is 2.76. The van der Waals surface area contributed by atoms with E-state index in [0.29, 0.717) is 12.0 Å². The van der Waals surface area contributed by atoms with Crippen LogP contribution in [0.1, 0.15) is 11.1 Å². The quantitative estimate of drug-likeness (QED) is 0.884. The highest BCUT2D eigenvalue weighted by atomic mass is 79.9. The molecule has 0 spiro atoms. The van der Waals surface area contributed by atoms with Crippen LogP contribution in [0.5, 0.6) is 0 Å². The Hall–Kier alpha value is -0.940. The van der Waals surface area contributed by atoms with Gasteiger partial charge in [-0.1, -0.05) is 0 Å². The van der Waals surface area contributed by atoms with Crippen LogP contribution in [0.3, 0.4) is 0 Å². The third-order valence-electron chi connectivity index (χ3n) is 3.03. The van der Waals surface area contributed by atoms with Crippen LogP contribution < -0.4 is 5.32 Å². The van der Waals surface area contributed by atoms with Gasteiger partial charge in [0, 0.05) is 33.4 Å². The van der Waals surface area contributed by atoms with Gasteiger partial charge in [0.1, 0.15) is 0 Å². The lowest BCUT2D eigenvalue weighted by Crippen LogP contribution is -2.20. The van der Waals surface area contributed by atoms with Gasteiger partial charge in [-0.25, -0.2) is 9.97 Å². The Labute approximate surface area is 122 Å². The number of hydrogen-bond acceptors (Lipinski definition) is 3. The standard InChI is InChI=1S/C13H10Br2N3/c14-11-6-8-4-10(5-9(8)7-12(11)15)18-13-16-2-1-3-17-13/h2-3,6-7,10H,4-5H2,(H,16,17,18). The van der Waals surface area contributed by atoms with Crippen molar-refractivity contribution in [1.82, 2.24) is 9.97 Å². The molecule has 0 unspecified atom stereocenters. The van der Waals surface area contributed by atoms with Crippen LogP contribution in [0.2, 0.25) is 0 Å². The molecule has 18 heavy (non-hydrogen) atoms. The van der Waals surface area contributed by atoms with Gasteiger partial charge in [-0.15, -0.1) is 0 Å². The number of nitrogens with zero attached hydrogens (tertiary/aromatic N) is 2. The number of nitrogens with one attached hydrogen (secondary N) is 1. The zero-order chi connectivity index (χ0) is 12.5. The Kier molecular flexibility index (Phi) is 3.35. The zero-order valence-electron chi connectivity index (χ0n) is 9.45. The molecule has 1 aromatic heterocycles. The van der Waals surface area contributed by atoms with Gasteiger partial charge in [0.05, 0.1) is 0 Å². The summed E-state index contributed by atoms with van der Waals surface area (Å²) >= 11 is 7.08. The average molecular weight is 368 g/mol. The largest absolute Gasteiger partial charge is 0.351 e. The fourth-order valence-corrected chi connectivity index (χ4v) is 3.02. The Morgan fingerprint density at radius 3 is 2.17 bits per heavy atom. The summed E-state index contributed by atoms with van der Waals surface area (Å²) in [6.07, 6.45) is 5.27. The molecule has 0 bridgehead atoms. The molecular formula is C13H10Br2N3. The summed E-state index contributed by atoms with van der Waals surface area (Å²) in [5.74, 6) is 0.671. The van der Waals surface area contributed by atoms with E-state index in [1.54, 1.807) is 12.4 Å². The number of anilines is 1. The van der Waals surface area contributed by atoms with Gasteiger partial charge in [-0.2, -0.15) is 0 Å². The molecule has 3 nitrogen and oxygen atoms in total. The van der Waals surface area contributed by atoms with Crippen LogP contribution in [-0.4, -0.2) is 16.0 Å². The number of rotatable bonds is 2. The van der Waals surface area contributed by atoms with Gasteiger partial charge in [-0.3, -0.25) is 0 Å². The summed E-state index contributed by atoms with van der Waals surface area (Å²) in [7, 11) is 0. The second-order valence-electron chi connectivity index (χ2n) is 4.29. The van der Waals surface area contributed by atoms with E-state index in [1.165, 1.54) is 11.1 Å². The van der Waals surface area contributed by atoms with Gasteiger partial charge in [-0.05, 0) is 68.0 Å². The molecule has 1 N–H and O–H groups in total. The van der Waals surface area contributed by atoms with Crippen LogP contribution in [0.4, 0.5) is 5.95 Å². The number of hydrogen-bond donors (Lipinski definition) is 1. The van der Waals surface area contributed by atoms with Crippen LogP contribution in [-0.2, 0) is 12.8 Å². The minimum atomic E-state index is 0.364. The molecule has 0 fully saturated rings. The molecule has 1 aliphatic carbocycles. The lowest BCUT2D eigenvalue weighted by atomic mass is 10.1. The maximum atomic E-state index is 4.14. The highest BCUT2D eigenvalue weighted by Crippen LogP contribution is 2.32. The fraction of sp³-hybridized carbons (Fsp3) is 0.231. The molecule has 2 aromatic rings. The molecule has 0 aliphatic heterocycles. The normalized spacial score (nSPS) is 14.6. The van der Waals surface area contributed by atoms with Crippen molar-refractivity contribution in [1.29, 1.82) is 0 Å². The minimum absolute atomic E-state index is 0.364. The molecule has 5 heteroatoms. The monoisotopic (exact) mass is 366 g/mol. The van der Waals surface area contributed by atoms with Gasteiger partial charge < -0.3 is 5.32 Å². The van der Waals surface area contributed by atoms with Crippen molar-refractivity contribution < 1.29 is 0 Å². The Balaban J connectivity index is 1.77. The van der Waals surface area contributed by atoms with Gasteiger partial charge in [0.25, 0.3) is 0 Å². The molecule has 0 amide bonds. The third kappa shape index (κ3) is 2.42. The predicted molar refractivity (Wildman–Crippen MR) is 77.5 cm³/mol. The van der Waals surface area contributed by atoms with E-state index in [-0.39, 0.29) is 0 Å². The van der Waals surface area contributed by atoms with Crippen molar-refractivity contribution in [3.8, 4) is 0 Å². The molecule has 1 aliphatic rings. The van der Waals surface area contributed by atoms with Crippen LogP contribution in [0.15, 0.2) is 33.5 Å². The second-order valence-corrected chi connectivity index (χ2v) is 6.00. The zero-order valence-corrected chi connectivity index (χ0v) is 12.6. The van der Waals surface area contributed by atoms with E-state index in [9.17, 15) is 0 Å². The van der Waals surface area contributed by atoms with Gasteiger partial charge >= 0.3 is 0 Å². The van der Waals surface area contributed by atoms with Crippen molar-refractivity contribution in [2.75, 3.05) is 5.32 Å². The molecule has 3 rings (SSSR count). The highest BCUT2D eigenvalue weighted by Gasteiger charge is 2.22. The maximum Gasteiger partial charge on any atom is 0.222 e. The van der Waals surface area contributed by atoms with Gasteiger partial charge in [0.15, 0.2) is 0 Å². The second kappa shape index (κ2) is 4.97. The van der Waals surface area contributed by atoms with E-state index in [0.717, 1.165) is 21.8 Å². The average Bonchev–Trinajstić information content (AvgIpc) is 2.72. The smallest absolute Gasteiger partial charge is 0.222 e. The lowest BCUT2D eigenvalue weighted by molar-refractivity contribution is 0.761. The molecule has 1 heterocycles. The molecule has 91 valence electrons. The van der Waals surface area contributed by atoms with E-state index in [1.807, 2.05) is 0 Å². The highest BCUT2D eigenvalue weighted by molar-refractivity contribution is 9.13. The fourth-order valence-electron chi connectivity index (χ4n) is 2.24. The van der Waals surface area contributed by atoms with E-state index in [4.69, 9.17) is 0 Å². The van der Waals surface area contributed by atoms with E-state index < -0.39 is 0 Å². The van der Waals surface area contributed by atoms with Crippen molar-refractivity contribution in [2.45, 2.75) is 18.9 Å². The molecule has 1 radical (unpaired) electrons. The first-order valence-electron chi connectivity index (χ1n) is 5.64. The molecule has 0 saturated heterocycles. The Bertz CT molecular complexity index is 541. The summed E-state index contributed by atoms with van der Waals surface area (Å²) in [5, 5.41) is 3.35. The van der Waals surface area contributed by atoms with E-state index >= 15 is 0 Å². The van der Waals surface area contributed by atoms with Crippen LogP contribution in [0, 0.1) is 6.07 Å². The lowest BCUT2D eigenvalue weighted by Gasteiger charge is -2.10. The van der Waals surface area contributed by atoms with Crippen LogP contribution >= 0.6 is 31.9 Å². The maximum absolute atomic E-state index is 4.14. The molecule has 0 atom stereocenters. The van der Waals surface area contributed by atoms with Crippen molar-refractivity contribution in [2.24, 2.45) is 0 Å². The third-order valence-corrected chi connectivity index (χ3v) is 4.88. The summed E-state index contributed by atoms with van der Waals surface area (Å²) in [4.78, 5) is 8.29. The van der Waals surface area contributed by atoms with Crippen molar-refractivity contribution in [3.05, 3.63) is 50.7 Å². The minimum Gasteiger partial charge on any atom is -0.351 e. The first-order chi connectivity index (χ1) is 8.72. The summed E-state index contributed by atoms with van der Waals surface area (Å²) < 4.78 is 2.21. The summed E-state index contributed by atoms with van der Waals surface area (Å²) in [6, 6.07) is 7.54. The first-order valence-corrected chi connectivity index (χ1v) is 7.22. The number of halogens is 2. The molecule has 0 saturated carbocycles. The number of fused-ring (bicyclic) bond motifs is 1. The van der Waals surface area contributed by atoms with E-state index in [2.05, 4.69) is 65.3 Å². The van der Waals surface area contributed by atoms with Crippen molar-refractivity contribution >= 4 is 37.8 Å². The Morgan fingerprint density at radius 1 is 1.06 bits per heavy atom. The topological polar surface area (TPSA) is 37.8 Å². The summed E-state index contributed by atoms with van der Waals surface area (Å²) in [6.45, 7) is 0. The molecular weight excluding hydrogens is 358 g/mol. The number of aromatic nitrogens is 2. The van der Waals surface area contributed by atoms with Crippen LogP contribution in [0.25, 0.3) is 0 Å². The first kappa shape index (κ1) is 12.1. The number of benzene rings is 1. The Morgan fingerprint density at radius 2 is 1.61 bits per heavy atom.